The number of rotatable bonds is 3. The summed E-state index contributed by atoms with van der Waals surface area (Å²) < 4.78 is 4.72. The van der Waals surface area contributed by atoms with Crippen molar-refractivity contribution in [3.8, 4) is 5.69 Å². The van der Waals surface area contributed by atoms with E-state index in [2.05, 4.69) is 9.67 Å². The van der Waals surface area contributed by atoms with Crippen LogP contribution in [0.1, 0.15) is 5.69 Å². The Hall–Kier alpha value is -2.66. The summed E-state index contributed by atoms with van der Waals surface area (Å²) in [6.07, 6.45) is 3.79. The van der Waals surface area contributed by atoms with E-state index in [1.165, 1.54) is 11.3 Å². The highest BCUT2D eigenvalue weighted by Gasteiger charge is 2.06. The Morgan fingerprint density at radius 2 is 1.86 bits per heavy atom. The highest BCUT2D eigenvalue weighted by molar-refractivity contribution is 7.17. The minimum absolute atomic E-state index is 0.0797. The molecule has 4 nitrogen and oxygen atoms in total. The van der Waals surface area contributed by atoms with E-state index in [1.54, 1.807) is 6.07 Å². The Morgan fingerprint density at radius 1 is 1.00 bits per heavy atom. The Bertz CT molecular complexity index is 982. The molecule has 0 unspecified atom stereocenters. The van der Waals surface area contributed by atoms with Crippen LogP contribution < -0.4 is 5.43 Å². The van der Waals surface area contributed by atoms with Gasteiger partial charge in [0.25, 0.3) is 0 Å². The number of pyridine rings is 1. The zero-order chi connectivity index (χ0) is 14.9. The lowest BCUT2D eigenvalue weighted by Gasteiger charge is -2.06. The Labute approximate surface area is 130 Å². The molecule has 5 heteroatoms. The van der Waals surface area contributed by atoms with Gasteiger partial charge in [0.05, 0.1) is 28.1 Å². The minimum atomic E-state index is 0.0797. The molecule has 0 aliphatic heterocycles. The van der Waals surface area contributed by atoms with Crippen LogP contribution in [0, 0.1) is 0 Å². The second-order valence-electron chi connectivity index (χ2n) is 5.03. The predicted molar refractivity (Wildman–Crippen MR) is 88.8 cm³/mol. The van der Waals surface area contributed by atoms with Crippen LogP contribution in [0.4, 0.5) is 0 Å². The van der Waals surface area contributed by atoms with Crippen molar-refractivity contribution in [2.75, 3.05) is 0 Å². The lowest BCUT2D eigenvalue weighted by atomic mass is 10.3. The van der Waals surface area contributed by atoms with E-state index in [9.17, 15) is 4.79 Å². The zero-order valence-corrected chi connectivity index (χ0v) is 12.5. The lowest BCUT2D eigenvalue weighted by Crippen LogP contribution is -2.07. The molecule has 0 spiro atoms. The van der Waals surface area contributed by atoms with Gasteiger partial charge in [0.15, 0.2) is 5.43 Å². The second-order valence-corrected chi connectivity index (χ2v) is 5.95. The SMILES string of the molecule is O=c1ccn(Cc2ccn(-c3ccccc3)n2)c2ccsc12. The van der Waals surface area contributed by atoms with Crippen LogP contribution in [0.5, 0.6) is 0 Å². The molecule has 0 saturated heterocycles. The molecule has 1 aromatic carbocycles. The van der Waals surface area contributed by atoms with E-state index in [0.717, 1.165) is 21.6 Å². The first-order chi connectivity index (χ1) is 10.8. The summed E-state index contributed by atoms with van der Waals surface area (Å²) in [7, 11) is 0. The quantitative estimate of drug-likeness (QED) is 0.582. The Balaban J connectivity index is 1.69. The maximum absolute atomic E-state index is 11.8. The van der Waals surface area contributed by atoms with Crippen LogP contribution in [0.25, 0.3) is 15.9 Å². The fourth-order valence-corrected chi connectivity index (χ4v) is 3.33. The maximum atomic E-state index is 11.8. The molecule has 0 atom stereocenters. The lowest BCUT2D eigenvalue weighted by molar-refractivity contribution is 0.762. The molecule has 0 N–H and O–H groups in total. The van der Waals surface area contributed by atoms with Crippen molar-refractivity contribution < 1.29 is 0 Å². The summed E-state index contributed by atoms with van der Waals surface area (Å²) in [5, 5.41) is 6.56. The second kappa shape index (κ2) is 5.27. The van der Waals surface area contributed by atoms with Crippen molar-refractivity contribution in [1.29, 1.82) is 0 Å². The standard InChI is InChI=1S/C17H13N3OS/c21-16-7-9-19(15-8-11-22-17(15)16)12-13-6-10-20(18-13)14-4-2-1-3-5-14/h1-11H,12H2. The normalized spacial score (nSPS) is 11.1. The van der Waals surface area contributed by atoms with Crippen LogP contribution in [0.15, 0.2) is 71.1 Å². The van der Waals surface area contributed by atoms with Crippen molar-refractivity contribution in [1.82, 2.24) is 14.3 Å². The summed E-state index contributed by atoms with van der Waals surface area (Å²) in [6, 6.07) is 15.6. The summed E-state index contributed by atoms with van der Waals surface area (Å²) in [6.45, 7) is 0.646. The number of benzene rings is 1. The van der Waals surface area contributed by atoms with Gasteiger partial charge in [-0.25, -0.2) is 4.68 Å². The molecule has 0 radical (unpaired) electrons. The number of thiophene rings is 1. The molecule has 4 aromatic rings. The minimum Gasteiger partial charge on any atom is -0.340 e. The molecule has 0 fully saturated rings. The number of para-hydroxylation sites is 1. The van der Waals surface area contributed by atoms with Crippen LogP contribution in [0.3, 0.4) is 0 Å². The van der Waals surface area contributed by atoms with Gasteiger partial charge in [-0.3, -0.25) is 4.79 Å². The maximum Gasteiger partial charge on any atom is 0.199 e. The van der Waals surface area contributed by atoms with E-state index in [-0.39, 0.29) is 5.43 Å². The summed E-state index contributed by atoms with van der Waals surface area (Å²) in [5.41, 5.74) is 3.04. The van der Waals surface area contributed by atoms with Crippen molar-refractivity contribution in [3.63, 3.8) is 0 Å². The molecule has 4 rings (SSSR count). The summed E-state index contributed by atoms with van der Waals surface area (Å²) in [5.74, 6) is 0. The van der Waals surface area contributed by atoms with Gasteiger partial charge in [-0.2, -0.15) is 5.10 Å². The third-order valence-electron chi connectivity index (χ3n) is 3.58. The summed E-state index contributed by atoms with van der Waals surface area (Å²) in [4.78, 5) is 11.8. The summed E-state index contributed by atoms with van der Waals surface area (Å²) >= 11 is 1.48. The predicted octanol–water partition coefficient (Wildman–Crippen LogP) is 3.30. The third-order valence-corrected chi connectivity index (χ3v) is 4.50. The third kappa shape index (κ3) is 2.25. The number of aromatic nitrogens is 3. The molecule has 0 amide bonds. The molecular weight excluding hydrogens is 294 g/mol. The Kier molecular flexibility index (Phi) is 3.12. The van der Waals surface area contributed by atoms with E-state index in [4.69, 9.17) is 0 Å². The van der Waals surface area contributed by atoms with Crippen molar-refractivity contribution in [2.24, 2.45) is 0 Å². The molecule has 108 valence electrons. The molecule has 22 heavy (non-hydrogen) atoms. The average Bonchev–Trinajstić information content (AvgIpc) is 3.21. The molecule has 3 heterocycles. The first kappa shape index (κ1) is 13.0. The first-order valence-electron chi connectivity index (χ1n) is 6.98. The van der Waals surface area contributed by atoms with Gasteiger partial charge in [-0.1, -0.05) is 18.2 Å². The van der Waals surface area contributed by atoms with Crippen LogP contribution in [-0.4, -0.2) is 14.3 Å². The average molecular weight is 307 g/mol. The van der Waals surface area contributed by atoms with Gasteiger partial charge < -0.3 is 4.57 Å². The van der Waals surface area contributed by atoms with Gasteiger partial charge in [0, 0.05) is 18.5 Å². The highest BCUT2D eigenvalue weighted by atomic mass is 32.1. The molecule has 0 saturated carbocycles. The monoisotopic (exact) mass is 307 g/mol. The van der Waals surface area contributed by atoms with Gasteiger partial charge in [0.2, 0.25) is 0 Å². The van der Waals surface area contributed by atoms with E-state index < -0.39 is 0 Å². The van der Waals surface area contributed by atoms with E-state index >= 15 is 0 Å². The smallest absolute Gasteiger partial charge is 0.199 e. The van der Waals surface area contributed by atoms with Crippen LogP contribution >= 0.6 is 11.3 Å². The van der Waals surface area contributed by atoms with Crippen molar-refractivity contribution in [3.05, 3.63) is 82.2 Å². The molecule has 0 aliphatic carbocycles. The topological polar surface area (TPSA) is 39.8 Å². The largest absolute Gasteiger partial charge is 0.340 e. The van der Waals surface area contributed by atoms with Gasteiger partial charge >= 0.3 is 0 Å². The van der Waals surface area contributed by atoms with Gasteiger partial charge in [0.1, 0.15) is 0 Å². The first-order valence-corrected chi connectivity index (χ1v) is 7.86. The van der Waals surface area contributed by atoms with Crippen molar-refractivity contribution >= 4 is 21.6 Å². The zero-order valence-electron chi connectivity index (χ0n) is 11.7. The molecular formula is C17H13N3OS. The molecule has 3 aromatic heterocycles. The highest BCUT2D eigenvalue weighted by Crippen LogP contribution is 2.17. The Morgan fingerprint density at radius 3 is 2.73 bits per heavy atom. The van der Waals surface area contributed by atoms with E-state index in [1.807, 2.05) is 64.9 Å². The van der Waals surface area contributed by atoms with Crippen LogP contribution in [0.2, 0.25) is 0 Å². The van der Waals surface area contributed by atoms with Crippen LogP contribution in [-0.2, 0) is 6.54 Å². The number of nitrogens with zero attached hydrogens (tertiary/aromatic N) is 3. The van der Waals surface area contributed by atoms with Gasteiger partial charge in [-0.15, -0.1) is 11.3 Å². The number of hydrogen-bond donors (Lipinski definition) is 0. The number of hydrogen-bond acceptors (Lipinski definition) is 3. The van der Waals surface area contributed by atoms with Gasteiger partial charge in [-0.05, 0) is 29.6 Å². The molecule has 0 bridgehead atoms. The fourth-order valence-electron chi connectivity index (χ4n) is 2.51. The van der Waals surface area contributed by atoms with E-state index in [0.29, 0.717) is 6.54 Å². The fraction of sp³-hybridized carbons (Fsp3) is 0.0588. The molecule has 0 aliphatic rings. The number of fused-ring (bicyclic) bond motifs is 1. The van der Waals surface area contributed by atoms with Crippen molar-refractivity contribution in [2.45, 2.75) is 6.54 Å².